The number of ether oxygens (including phenoxy) is 1. The van der Waals surface area contributed by atoms with Crippen LogP contribution in [0, 0.1) is 0 Å². The van der Waals surface area contributed by atoms with Crippen LogP contribution < -0.4 is 10.3 Å². The molecule has 2 aromatic heterocycles. The Morgan fingerprint density at radius 2 is 2.12 bits per heavy atom. The maximum Gasteiger partial charge on any atom is 0.275 e. The molecule has 0 N–H and O–H groups in total. The van der Waals surface area contributed by atoms with Crippen LogP contribution in [0.25, 0.3) is 4.96 Å². The number of halogens is 1. The van der Waals surface area contributed by atoms with Gasteiger partial charge in [0.1, 0.15) is 10.8 Å². The topological polar surface area (TPSA) is 59.7 Å². The van der Waals surface area contributed by atoms with E-state index in [1.165, 1.54) is 21.9 Å². The fourth-order valence-corrected chi connectivity index (χ4v) is 3.67. The first-order valence-corrected chi connectivity index (χ1v) is 9.09. The average Bonchev–Trinajstić information content (AvgIpc) is 2.99. The first kappa shape index (κ1) is 17.8. The van der Waals surface area contributed by atoms with Gasteiger partial charge in [0.05, 0.1) is 12.8 Å². The lowest BCUT2D eigenvalue weighted by Crippen LogP contribution is -2.22. The molecule has 0 atom stereocenters. The fourth-order valence-electron chi connectivity index (χ4n) is 2.61. The quantitative estimate of drug-likeness (QED) is 0.659. The van der Waals surface area contributed by atoms with Gasteiger partial charge in [-0.1, -0.05) is 29.9 Å². The zero-order valence-electron chi connectivity index (χ0n) is 14.3. The van der Waals surface area contributed by atoms with Crippen molar-refractivity contribution in [3.05, 3.63) is 55.9 Å². The van der Waals surface area contributed by atoms with Crippen LogP contribution in [0.5, 0.6) is 5.75 Å². The lowest BCUT2D eigenvalue weighted by atomic mass is 10.2. The molecule has 6 nitrogen and oxygen atoms in total. The van der Waals surface area contributed by atoms with E-state index in [2.05, 4.69) is 15.0 Å². The molecule has 8 heteroatoms. The first-order valence-electron chi connectivity index (χ1n) is 7.89. The van der Waals surface area contributed by atoms with Crippen molar-refractivity contribution in [1.82, 2.24) is 19.5 Å². The molecule has 0 aliphatic heterocycles. The SMILES string of the molecule is CCc1nn2c(=O)cc(CN(C)Cc3cc(Cl)ccc3OC)nc2s1. The number of methoxy groups -OCH3 is 1. The Kier molecular flexibility index (Phi) is 5.36. The summed E-state index contributed by atoms with van der Waals surface area (Å²) in [6.07, 6.45) is 0.789. The van der Waals surface area contributed by atoms with E-state index in [0.717, 1.165) is 28.4 Å². The Morgan fingerprint density at radius 1 is 1.32 bits per heavy atom. The molecule has 0 saturated carbocycles. The molecule has 1 aromatic carbocycles. The molecule has 3 rings (SSSR count). The minimum absolute atomic E-state index is 0.148. The largest absolute Gasteiger partial charge is 0.496 e. The Balaban J connectivity index is 1.81. The predicted molar refractivity (Wildman–Crippen MR) is 99.7 cm³/mol. The first-order chi connectivity index (χ1) is 12.0. The highest BCUT2D eigenvalue weighted by Crippen LogP contribution is 2.24. The summed E-state index contributed by atoms with van der Waals surface area (Å²) >= 11 is 7.53. The highest BCUT2D eigenvalue weighted by atomic mass is 35.5. The maximum atomic E-state index is 12.2. The molecule has 0 unspecified atom stereocenters. The van der Waals surface area contributed by atoms with Gasteiger partial charge in [0.2, 0.25) is 4.96 Å². The molecule has 25 heavy (non-hydrogen) atoms. The summed E-state index contributed by atoms with van der Waals surface area (Å²) in [4.78, 5) is 19.5. The molecule has 0 fully saturated rings. The Labute approximate surface area is 154 Å². The van der Waals surface area contributed by atoms with Gasteiger partial charge < -0.3 is 4.74 Å². The summed E-state index contributed by atoms with van der Waals surface area (Å²) in [5, 5.41) is 5.83. The Hall–Kier alpha value is -1.96. The Morgan fingerprint density at radius 3 is 2.84 bits per heavy atom. The molecule has 2 heterocycles. The van der Waals surface area contributed by atoms with Gasteiger partial charge in [-0.15, -0.1) is 0 Å². The van der Waals surface area contributed by atoms with Crippen molar-refractivity contribution in [1.29, 1.82) is 0 Å². The number of aromatic nitrogens is 3. The van der Waals surface area contributed by atoms with Crippen molar-refractivity contribution in [2.24, 2.45) is 0 Å². The highest BCUT2D eigenvalue weighted by Gasteiger charge is 2.12. The molecule has 0 bridgehead atoms. The molecule has 0 amide bonds. The van der Waals surface area contributed by atoms with Gasteiger partial charge >= 0.3 is 0 Å². The Bertz CT molecular complexity index is 953. The van der Waals surface area contributed by atoms with Gasteiger partial charge in [-0.05, 0) is 31.7 Å². The summed E-state index contributed by atoms with van der Waals surface area (Å²) in [6.45, 7) is 3.18. The molecule has 0 aliphatic carbocycles. The number of hydrogen-bond acceptors (Lipinski definition) is 6. The fraction of sp³-hybridized carbons (Fsp3) is 0.353. The number of aryl methyl sites for hydroxylation is 1. The smallest absolute Gasteiger partial charge is 0.275 e. The third-order valence-corrected chi connectivity index (χ3v) is 5.04. The predicted octanol–water partition coefficient (Wildman–Crippen LogP) is 3.01. The summed E-state index contributed by atoms with van der Waals surface area (Å²) in [5.74, 6) is 0.787. The minimum atomic E-state index is -0.148. The number of fused-ring (bicyclic) bond motifs is 1. The highest BCUT2D eigenvalue weighted by molar-refractivity contribution is 7.16. The van der Waals surface area contributed by atoms with Crippen LogP contribution in [0.2, 0.25) is 5.02 Å². The molecule has 0 saturated heterocycles. The molecular formula is C17H19ClN4O2S. The normalized spacial score (nSPS) is 11.4. The molecule has 132 valence electrons. The second kappa shape index (κ2) is 7.51. The van der Waals surface area contributed by atoms with Gasteiger partial charge in [0, 0.05) is 29.7 Å². The lowest BCUT2D eigenvalue weighted by Gasteiger charge is -2.18. The van der Waals surface area contributed by atoms with E-state index >= 15 is 0 Å². The molecule has 0 aliphatic rings. The second-order valence-electron chi connectivity index (χ2n) is 5.76. The van der Waals surface area contributed by atoms with Crippen molar-refractivity contribution < 1.29 is 4.74 Å². The number of nitrogens with zero attached hydrogens (tertiary/aromatic N) is 4. The van der Waals surface area contributed by atoms with E-state index in [1.807, 2.05) is 26.1 Å². The number of rotatable bonds is 6. The monoisotopic (exact) mass is 378 g/mol. The average molecular weight is 379 g/mol. The van der Waals surface area contributed by atoms with Crippen molar-refractivity contribution in [2.45, 2.75) is 26.4 Å². The summed E-state index contributed by atoms with van der Waals surface area (Å²) in [6, 6.07) is 7.08. The zero-order chi connectivity index (χ0) is 18.0. The van der Waals surface area contributed by atoms with Crippen LogP contribution >= 0.6 is 22.9 Å². The van der Waals surface area contributed by atoms with Crippen LogP contribution in [0.1, 0.15) is 23.2 Å². The van der Waals surface area contributed by atoms with Crippen LogP contribution in [0.4, 0.5) is 0 Å². The van der Waals surface area contributed by atoms with E-state index in [0.29, 0.717) is 23.1 Å². The second-order valence-corrected chi connectivity index (χ2v) is 7.23. The lowest BCUT2D eigenvalue weighted by molar-refractivity contribution is 0.306. The van der Waals surface area contributed by atoms with Crippen molar-refractivity contribution in [3.8, 4) is 5.75 Å². The zero-order valence-corrected chi connectivity index (χ0v) is 15.9. The summed E-state index contributed by atoms with van der Waals surface area (Å²) < 4.78 is 6.75. The third kappa shape index (κ3) is 4.00. The van der Waals surface area contributed by atoms with Crippen LogP contribution in [-0.2, 0) is 19.5 Å². The van der Waals surface area contributed by atoms with Crippen molar-refractivity contribution >= 4 is 27.9 Å². The minimum Gasteiger partial charge on any atom is -0.496 e. The van der Waals surface area contributed by atoms with E-state index in [9.17, 15) is 4.79 Å². The standard InChI is InChI=1S/C17H19ClN4O2S/c1-4-15-20-22-16(23)8-13(19-17(22)25-15)10-21(2)9-11-7-12(18)5-6-14(11)24-3/h5-8H,4,9-10H2,1-3H3. The van der Waals surface area contributed by atoms with Crippen LogP contribution in [0.15, 0.2) is 29.1 Å². The number of hydrogen-bond donors (Lipinski definition) is 0. The van der Waals surface area contributed by atoms with Gasteiger partial charge in [-0.3, -0.25) is 9.69 Å². The van der Waals surface area contributed by atoms with Crippen molar-refractivity contribution in [2.75, 3.05) is 14.2 Å². The maximum absolute atomic E-state index is 12.2. The van der Waals surface area contributed by atoms with Gasteiger partial charge in [-0.2, -0.15) is 9.61 Å². The van der Waals surface area contributed by atoms with E-state index in [-0.39, 0.29) is 5.56 Å². The van der Waals surface area contributed by atoms with Crippen LogP contribution in [0.3, 0.4) is 0 Å². The van der Waals surface area contributed by atoms with E-state index < -0.39 is 0 Å². The third-order valence-electron chi connectivity index (χ3n) is 3.76. The van der Waals surface area contributed by atoms with Gasteiger partial charge in [0.25, 0.3) is 5.56 Å². The van der Waals surface area contributed by atoms with E-state index in [4.69, 9.17) is 16.3 Å². The number of benzene rings is 1. The molecular weight excluding hydrogens is 360 g/mol. The van der Waals surface area contributed by atoms with E-state index in [1.54, 1.807) is 13.2 Å². The molecule has 3 aromatic rings. The van der Waals surface area contributed by atoms with Gasteiger partial charge in [0.15, 0.2) is 0 Å². The summed E-state index contributed by atoms with van der Waals surface area (Å²) in [5.41, 5.74) is 1.56. The molecule has 0 spiro atoms. The summed E-state index contributed by atoms with van der Waals surface area (Å²) in [7, 11) is 3.60. The van der Waals surface area contributed by atoms with Crippen molar-refractivity contribution in [3.63, 3.8) is 0 Å². The van der Waals surface area contributed by atoms with Crippen LogP contribution in [-0.4, -0.2) is 33.7 Å². The molecule has 0 radical (unpaired) electrons. The van der Waals surface area contributed by atoms with Gasteiger partial charge in [-0.25, -0.2) is 4.98 Å².